The van der Waals surface area contributed by atoms with E-state index in [-0.39, 0.29) is 24.5 Å². The largest absolute Gasteiger partial charge is 0.376 e. The van der Waals surface area contributed by atoms with E-state index >= 15 is 0 Å². The fourth-order valence-corrected chi connectivity index (χ4v) is 2.83. The van der Waals surface area contributed by atoms with Crippen molar-refractivity contribution in [3.8, 4) is 0 Å². The summed E-state index contributed by atoms with van der Waals surface area (Å²) in [6, 6.07) is 0.289. The molecule has 3 saturated heterocycles. The number of hydrogen-bond acceptors (Lipinski definition) is 5. The van der Waals surface area contributed by atoms with Crippen molar-refractivity contribution in [1.82, 2.24) is 4.90 Å². The second-order valence-corrected chi connectivity index (χ2v) is 4.47. The van der Waals surface area contributed by atoms with Crippen molar-refractivity contribution < 1.29 is 19.3 Å². The number of aliphatic hydroxyl groups is 1. The van der Waals surface area contributed by atoms with Crippen LogP contribution in [-0.2, 0) is 14.2 Å². The van der Waals surface area contributed by atoms with Gasteiger partial charge in [-0.15, -0.1) is 0 Å². The van der Waals surface area contributed by atoms with Crippen LogP contribution in [0.3, 0.4) is 0 Å². The van der Waals surface area contributed by atoms with Crippen molar-refractivity contribution in [2.24, 2.45) is 0 Å². The number of morpholine rings is 1. The molecule has 0 aromatic carbocycles. The minimum atomic E-state index is -0.647. The van der Waals surface area contributed by atoms with Gasteiger partial charge in [0.2, 0.25) is 0 Å². The third-order valence-corrected chi connectivity index (χ3v) is 3.52. The smallest absolute Gasteiger partial charge is 0.156 e. The maximum atomic E-state index is 9.58. The number of aliphatic hydroxyl groups excluding tert-OH is 1. The summed E-state index contributed by atoms with van der Waals surface area (Å²) >= 11 is 0. The Morgan fingerprint density at radius 2 is 2.20 bits per heavy atom. The molecule has 5 atom stereocenters. The Bertz CT molecular complexity index is 248. The van der Waals surface area contributed by atoms with Gasteiger partial charge in [0.1, 0.15) is 12.3 Å². The number of fused-ring (bicyclic) bond motifs is 3. The van der Waals surface area contributed by atoms with Crippen molar-refractivity contribution in [3.63, 3.8) is 0 Å². The molecule has 0 amide bonds. The van der Waals surface area contributed by atoms with Gasteiger partial charge in [-0.05, 0) is 6.92 Å². The third kappa shape index (κ3) is 1.59. The standard InChI is InChI=1S/C10H17NO4/c1-6-10-7(4-9(12)14-6)11-2-3-13-5-8(11)15-10/h6-10,12H,2-5H2,1H3/t6-,7-,8+,9+,10+/m0/s1. The lowest BCUT2D eigenvalue weighted by Gasteiger charge is -2.37. The van der Waals surface area contributed by atoms with Crippen LogP contribution in [0.5, 0.6) is 0 Å². The van der Waals surface area contributed by atoms with Gasteiger partial charge in [-0.2, -0.15) is 0 Å². The maximum Gasteiger partial charge on any atom is 0.156 e. The molecule has 15 heavy (non-hydrogen) atoms. The minimum Gasteiger partial charge on any atom is -0.376 e. The van der Waals surface area contributed by atoms with Gasteiger partial charge < -0.3 is 19.3 Å². The molecule has 0 radical (unpaired) electrons. The Morgan fingerprint density at radius 3 is 3.07 bits per heavy atom. The molecule has 3 rings (SSSR count). The summed E-state index contributed by atoms with van der Waals surface area (Å²) in [5.74, 6) is 0. The van der Waals surface area contributed by atoms with Crippen LogP contribution in [-0.4, -0.2) is 60.5 Å². The fraction of sp³-hybridized carbons (Fsp3) is 1.00. The van der Waals surface area contributed by atoms with Gasteiger partial charge in [0, 0.05) is 19.0 Å². The van der Waals surface area contributed by atoms with Gasteiger partial charge in [0.15, 0.2) is 6.29 Å². The average molecular weight is 215 g/mol. The maximum absolute atomic E-state index is 9.58. The van der Waals surface area contributed by atoms with Gasteiger partial charge in [-0.3, -0.25) is 4.90 Å². The monoisotopic (exact) mass is 215 g/mol. The number of rotatable bonds is 0. The third-order valence-electron chi connectivity index (χ3n) is 3.52. The van der Waals surface area contributed by atoms with E-state index < -0.39 is 6.29 Å². The Hall–Kier alpha value is -0.200. The molecule has 3 fully saturated rings. The average Bonchev–Trinajstić information content (AvgIpc) is 2.57. The molecule has 5 heteroatoms. The fourth-order valence-electron chi connectivity index (χ4n) is 2.83. The highest BCUT2D eigenvalue weighted by Crippen LogP contribution is 2.34. The van der Waals surface area contributed by atoms with Crippen molar-refractivity contribution in [2.45, 2.75) is 44.1 Å². The van der Waals surface area contributed by atoms with Crippen molar-refractivity contribution in [3.05, 3.63) is 0 Å². The van der Waals surface area contributed by atoms with E-state index in [1.54, 1.807) is 0 Å². The molecule has 0 unspecified atom stereocenters. The Labute approximate surface area is 88.9 Å². The van der Waals surface area contributed by atoms with Crippen LogP contribution in [0.25, 0.3) is 0 Å². The molecule has 0 aliphatic carbocycles. The first-order valence-electron chi connectivity index (χ1n) is 5.58. The molecular weight excluding hydrogens is 198 g/mol. The zero-order valence-electron chi connectivity index (χ0n) is 8.83. The molecule has 5 nitrogen and oxygen atoms in total. The summed E-state index contributed by atoms with van der Waals surface area (Å²) in [4.78, 5) is 2.30. The van der Waals surface area contributed by atoms with Gasteiger partial charge in [0.05, 0.1) is 19.3 Å². The second kappa shape index (κ2) is 3.68. The zero-order chi connectivity index (χ0) is 10.4. The van der Waals surface area contributed by atoms with Crippen molar-refractivity contribution in [1.29, 1.82) is 0 Å². The van der Waals surface area contributed by atoms with Crippen LogP contribution in [0.4, 0.5) is 0 Å². The normalized spacial score (nSPS) is 51.2. The molecule has 0 spiro atoms. The quantitative estimate of drug-likeness (QED) is 0.592. The van der Waals surface area contributed by atoms with Gasteiger partial charge >= 0.3 is 0 Å². The van der Waals surface area contributed by atoms with Crippen LogP contribution >= 0.6 is 0 Å². The second-order valence-electron chi connectivity index (χ2n) is 4.47. The van der Waals surface area contributed by atoms with Gasteiger partial charge in [-0.1, -0.05) is 0 Å². The summed E-state index contributed by atoms with van der Waals surface area (Å²) in [7, 11) is 0. The molecule has 0 bridgehead atoms. The van der Waals surface area contributed by atoms with Crippen LogP contribution in [0.15, 0.2) is 0 Å². The predicted octanol–water partition coefficient (Wildman–Crippen LogP) is -0.461. The predicted molar refractivity (Wildman–Crippen MR) is 51.1 cm³/mol. The first kappa shape index (κ1) is 9.99. The number of hydrogen-bond donors (Lipinski definition) is 1. The molecule has 1 N–H and O–H groups in total. The summed E-state index contributed by atoms with van der Waals surface area (Å²) < 4.78 is 16.6. The molecule has 3 heterocycles. The van der Waals surface area contributed by atoms with Crippen LogP contribution in [0.2, 0.25) is 0 Å². The Kier molecular flexibility index (Phi) is 2.45. The lowest BCUT2D eigenvalue weighted by atomic mass is 9.99. The Morgan fingerprint density at radius 1 is 1.33 bits per heavy atom. The van der Waals surface area contributed by atoms with Gasteiger partial charge in [-0.25, -0.2) is 0 Å². The number of ether oxygens (including phenoxy) is 3. The zero-order valence-corrected chi connectivity index (χ0v) is 8.83. The highest BCUT2D eigenvalue weighted by molar-refractivity contribution is 4.96. The van der Waals surface area contributed by atoms with E-state index in [4.69, 9.17) is 14.2 Å². The van der Waals surface area contributed by atoms with E-state index in [0.29, 0.717) is 13.0 Å². The first-order chi connectivity index (χ1) is 7.25. The van der Waals surface area contributed by atoms with E-state index in [1.165, 1.54) is 0 Å². The molecule has 0 aromatic rings. The number of nitrogens with zero attached hydrogens (tertiary/aromatic N) is 1. The van der Waals surface area contributed by atoms with Crippen molar-refractivity contribution in [2.75, 3.05) is 19.8 Å². The minimum absolute atomic E-state index is 0.0376. The van der Waals surface area contributed by atoms with E-state index in [1.807, 2.05) is 6.92 Å². The lowest BCUT2D eigenvalue weighted by molar-refractivity contribution is -0.199. The van der Waals surface area contributed by atoms with Gasteiger partial charge in [0.25, 0.3) is 0 Å². The summed E-state index contributed by atoms with van der Waals surface area (Å²) in [5, 5.41) is 9.58. The van der Waals surface area contributed by atoms with Crippen LogP contribution < -0.4 is 0 Å². The van der Waals surface area contributed by atoms with Crippen LogP contribution in [0.1, 0.15) is 13.3 Å². The molecular formula is C10H17NO4. The highest BCUT2D eigenvalue weighted by Gasteiger charge is 2.49. The molecule has 3 aliphatic heterocycles. The van der Waals surface area contributed by atoms with E-state index in [9.17, 15) is 5.11 Å². The molecule has 0 saturated carbocycles. The molecule has 3 aliphatic rings. The molecule has 0 aromatic heterocycles. The van der Waals surface area contributed by atoms with E-state index in [2.05, 4.69) is 4.90 Å². The highest BCUT2D eigenvalue weighted by atomic mass is 16.6. The van der Waals surface area contributed by atoms with E-state index in [0.717, 1.165) is 13.2 Å². The molecule has 86 valence electrons. The Balaban J connectivity index is 1.79. The SMILES string of the molecule is C[C@@H]1O[C@@H](O)C[C@H]2[C@@H]1O[C@@H]1COCCN12. The lowest BCUT2D eigenvalue weighted by Crippen LogP contribution is -2.52. The summed E-state index contributed by atoms with van der Waals surface area (Å²) in [6.07, 6.45) is 0.104. The summed E-state index contributed by atoms with van der Waals surface area (Å²) in [6.45, 7) is 4.24. The van der Waals surface area contributed by atoms with Crippen LogP contribution in [0, 0.1) is 0 Å². The first-order valence-corrected chi connectivity index (χ1v) is 5.58. The summed E-state index contributed by atoms with van der Waals surface area (Å²) in [5.41, 5.74) is 0. The topological polar surface area (TPSA) is 51.2 Å². The van der Waals surface area contributed by atoms with Crippen molar-refractivity contribution >= 4 is 0 Å².